The van der Waals surface area contributed by atoms with Gasteiger partial charge in [0.1, 0.15) is 0 Å². The van der Waals surface area contributed by atoms with Gasteiger partial charge < -0.3 is 0 Å². The number of benzene rings is 2. The Bertz CT molecular complexity index is 1360. The van der Waals surface area contributed by atoms with E-state index < -0.39 is 0 Å². The lowest BCUT2D eigenvalue weighted by molar-refractivity contribution is -0.115. The zero-order valence-electron chi connectivity index (χ0n) is 22.9. The summed E-state index contributed by atoms with van der Waals surface area (Å²) >= 11 is 12.8. The smallest absolute Gasteiger partial charge is 0.196 e. The third kappa shape index (κ3) is 8.86. The Balaban J connectivity index is 1.29. The van der Waals surface area contributed by atoms with Crippen molar-refractivity contribution >= 4 is 109 Å². The second-order valence-electron chi connectivity index (χ2n) is 9.80. The van der Waals surface area contributed by atoms with Crippen molar-refractivity contribution in [2.45, 2.75) is 99.6 Å². The molecule has 4 nitrogen and oxygen atoms in total. The molecular weight excluding hydrogens is 708 g/mol. The fourth-order valence-corrected chi connectivity index (χ4v) is 9.87. The Morgan fingerprint density at radius 1 is 0.675 bits per heavy atom. The van der Waals surface area contributed by atoms with Crippen molar-refractivity contribution in [3.8, 4) is 0 Å². The number of carbonyl (C=O) groups is 2. The molecule has 4 rings (SSSR count). The van der Waals surface area contributed by atoms with E-state index in [0.29, 0.717) is 0 Å². The maximum absolute atomic E-state index is 12.7. The van der Waals surface area contributed by atoms with E-state index in [9.17, 15) is 9.59 Å². The fraction of sp³-hybridized carbons (Fsp3) is 0.467. The Kier molecular flexibility index (Phi) is 13.0. The van der Waals surface area contributed by atoms with Crippen LogP contribution in [0, 0.1) is 0 Å². The minimum atomic E-state index is -0.0383. The Hall–Kier alpha value is -0.780. The summed E-state index contributed by atoms with van der Waals surface area (Å²) in [4.78, 5) is 34.8. The normalized spacial score (nSPS) is 11.6. The summed E-state index contributed by atoms with van der Waals surface area (Å²) in [6, 6.07) is 8.54. The molecule has 214 valence electrons. The van der Waals surface area contributed by atoms with Gasteiger partial charge in [0, 0.05) is 21.8 Å². The zero-order chi connectivity index (χ0) is 28.5. The molecule has 0 aliphatic heterocycles. The molecule has 0 saturated carbocycles. The molecule has 0 unspecified atom stereocenters. The second-order valence-corrected chi connectivity index (χ2v) is 16.1. The van der Waals surface area contributed by atoms with Gasteiger partial charge >= 0.3 is 0 Å². The molecule has 0 bridgehead atoms. The van der Waals surface area contributed by atoms with Crippen molar-refractivity contribution in [3.63, 3.8) is 0 Å². The van der Waals surface area contributed by atoms with Crippen molar-refractivity contribution in [3.05, 3.63) is 44.3 Å². The van der Waals surface area contributed by atoms with Crippen molar-refractivity contribution in [1.29, 1.82) is 0 Å². The summed E-state index contributed by atoms with van der Waals surface area (Å²) in [5.41, 5.74) is 4.38. The molecule has 10 heteroatoms. The molecule has 40 heavy (non-hydrogen) atoms. The van der Waals surface area contributed by atoms with Crippen LogP contribution in [0.3, 0.4) is 0 Å². The van der Waals surface area contributed by atoms with E-state index in [1.165, 1.54) is 85.2 Å². The number of rotatable bonds is 15. The summed E-state index contributed by atoms with van der Waals surface area (Å²) in [7, 11) is 0. The highest BCUT2D eigenvalue weighted by Gasteiger charge is 2.17. The number of hydrogen-bond donors (Lipinski definition) is 0. The van der Waals surface area contributed by atoms with Gasteiger partial charge in [-0.2, -0.15) is 0 Å². The van der Waals surface area contributed by atoms with E-state index in [4.69, 9.17) is 9.97 Å². The van der Waals surface area contributed by atoms with Crippen molar-refractivity contribution in [2.75, 3.05) is 0 Å². The van der Waals surface area contributed by atoms with Crippen LogP contribution >= 0.6 is 78.1 Å². The maximum atomic E-state index is 12.7. The molecule has 0 amide bonds. The fourth-order valence-electron chi connectivity index (χ4n) is 4.43. The van der Waals surface area contributed by atoms with Gasteiger partial charge in [0.05, 0.1) is 20.4 Å². The lowest BCUT2D eigenvalue weighted by Gasteiger charge is -2.04. The monoisotopic (exact) mass is 740 g/mol. The van der Waals surface area contributed by atoms with E-state index in [1.807, 2.05) is 0 Å². The number of thiazole rings is 2. The highest BCUT2D eigenvalue weighted by molar-refractivity contribution is 9.11. The molecule has 2 aromatic carbocycles. The van der Waals surface area contributed by atoms with Gasteiger partial charge in [-0.25, -0.2) is 9.97 Å². The lowest BCUT2D eigenvalue weighted by Crippen LogP contribution is -1.97. The molecule has 0 aliphatic rings. The minimum absolute atomic E-state index is 0.0383. The van der Waals surface area contributed by atoms with Gasteiger partial charge in [0.25, 0.3) is 0 Å². The number of thioether (sulfide) groups is 2. The van der Waals surface area contributed by atoms with Gasteiger partial charge in [-0.3, -0.25) is 9.59 Å². The number of nitrogens with zero attached hydrogens (tertiary/aromatic N) is 2. The number of unbranched alkanes of at least 4 members (excludes halogenated alkanes) is 6. The third-order valence-corrected chi connectivity index (χ3v) is 12.4. The molecule has 0 N–H and O–H groups in total. The quantitative estimate of drug-likeness (QED) is 0.0893. The van der Waals surface area contributed by atoms with Crippen LogP contribution in [0.15, 0.2) is 41.9 Å². The topological polar surface area (TPSA) is 59.9 Å². The summed E-state index contributed by atoms with van der Waals surface area (Å²) in [6.45, 7) is 4.44. The maximum Gasteiger partial charge on any atom is 0.196 e. The minimum Gasteiger partial charge on any atom is -0.287 e. The first kappa shape index (κ1) is 32.1. The van der Waals surface area contributed by atoms with E-state index in [1.54, 1.807) is 0 Å². The first-order chi connectivity index (χ1) is 19.4. The Labute approximate surface area is 270 Å². The van der Waals surface area contributed by atoms with Gasteiger partial charge in [0.2, 0.25) is 0 Å². The zero-order valence-corrected chi connectivity index (χ0v) is 29.3. The number of fused-ring (bicyclic) bond motifs is 2. The summed E-state index contributed by atoms with van der Waals surface area (Å²) < 4.78 is 5.66. The van der Waals surface area contributed by atoms with Crippen LogP contribution in [0.25, 0.3) is 20.4 Å². The van der Waals surface area contributed by atoms with Crippen molar-refractivity contribution in [2.24, 2.45) is 0 Å². The predicted octanol–water partition coefficient (Wildman–Crippen LogP) is 11.4. The number of hydrogen-bond acceptors (Lipinski definition) is 8. The average Bonchev–Trinajstić information content (AvgIpc) is 3.54. The van der Waals surface area contributed by atoms with Crippen LogP contribution in [-0.2, 0) is 22.4 Å². The van der Waals surface area contributed by atoms with Gasteiger partial charge in [-0.05, 0) is 104 Å². The number of halogens is 2. The SMILES string of the molecule is CCCCCCc1ccc2sc(SC(=O)CCC(=O)Sc3nc4c(Br)c(CCCCCC)ccc4s3)nc2c1Br. The number of aryl methyl sites for hydroxylation is 2. The Morgan fingerprint density at radius 2 is 1.10 bits per heavy atom. The van der Waals surface area contributed by atoms with Crippen LogP contribution in [0.4, 0.5) is 0 Å². The first-order valence-electron chi connectivity index (χ1n) is 14.0. The molecule has 0 saturated heterocycles. The van der Waals surface area contributed by atoms with Gasteiger partial charge in [-0.15, -0.1) is 22.7 Å². The van der Waals surface area contributed by atoms with E-state index >= 15 is 0 Å². The molecular formula is C30H34Br2N2O2S4. The molecule has 0 spiro atoms. The van der Waals surface area contributed by atoms with Crippen LogP contribution in [0.1, 0.15) is 89.2 Å². The largest absolute Gasteiger partial charge is 0.287 e. The summed E-state index contributed by atoms with van der Waals surface area (Å²) in [5.74, 6) is 0. The molecule has 0 atom stereocenters. The molecule has 0 fully saturated rings. The number of carbonyl (C=O) groups excluding carboxylic acids is 2. The van der Waals surface area contributed by atoms with E-state index in [-0.39, 0.29) is 23.1 Å². The average molecular weight is 743 g/mol. The predicted molar refractivity (Wildman–Crippen MR) is 181 cm³/mol. The van der Waals surface area contributed by atoms with E-state index in [2.05, 4.69) is 70.0 Å². The van der Waals surface area contributed by atoms with Crippen molar-refractivity contribution in [1.82, 2.24) is 9.97 Å². The van der Waals surface area contributed by atoms with Crippen LogP contribution in [0.2, 0.25) is 0 Å². The first-order valence-corrected chi connectivity index (χ1v) is 18.8. The van der Waals surface area contributed by atoms with Gasteiger partial charge in [0.15, 0.2) is 18.9 Å². The van der Waals surface area contributed by atoms with Crippen LogP contribution < -0.4 is 0 Å². The van der Waals surface area contributed by atoms with Gasteiger partial charge in [-0.1, -0.05) is 64.5 Å². The van der Waals surface area contributed by atoms with E-state index in [0.717, 1.165) is 74.4 Å². The van der Waals surface area contributed by atoms with Crippen LogP contribution in [0.5, 0.6) is 0 Å². The van der Waals surface area contributed by atoms with Crippen molar-refractivity contribution < 1.29 is 9.59 Å². The molecule has 0 aliphatic carbocycles. The standard InChI is InChI=1S/C30H34Br2N2O2S4/c1-3-5-7-9-11-19-13-15-21-27(25(19)31)33-29(37-21)39-23(35)17-18-24(36)40-30-34-28-22(38-30)16-14-20(26(28)32)12-10-8-6-4-2/h13-16H,3-12,17-18H2,1-2H3. The highest BCUT2D eigenvalue weighted by atomic mass is 79.9. The number of aromatic nitrogens is 2. The molecule has 2 aromatic heterocycles. The molecule has 2 heterocycles. The summed E-state index contributed by atoms with van der Waals surface area (Å²) in [5, 5.41) is -0.0765. The third-order valence-electron chi connectivity index (χ3n) is 6.65. The second kappa shape index (κ2) is 16.2. The summed E-state index contributed by atoms with van der Waals surface area (Å²) in [6.07, 6.45) is 12.2. The molecule has 0 radical (unpaired) electrons. The molecule has 4 aromatic rings. The lowest BCUT2D eigenvalue weighted by atomic mass is 10.1. The Morgan fingerprint density at radius 3 is 1.50 bits per heavy atom. The highest BCUT2D eigenvalue weighted by Crippen LogP contribution is 2.38. The van der Waals surface area contributed by atoms with Crippen LogP contribution in [-0.4, -0.2) is 20.2 Å².